The molecule has 26 heavy (non-hydrogen) atoms. The van der Waals surface area contributed by atoms with Crippen LogP contribution in [0.3, 0.4) is 0 Å². The van der Waals surface area contributed by atoms with Crippen LogP contribution >= 0.6 is 0 Å². The number of carbonyl (C=O) groups is 3. The second kappa shape index (κ2) is 8.21. The fourth-order valence-electron chi connectivity index (χ4n) is 3.25. The van der Waals surface area contributed by atoms with Crippen molar-refractivity contribution in [2.45, 2.75) is 38.6 Å². The summed E-state index contributed by atoms with van der Waals surface area (Å²) in [6, 6.07) is 6.99. The number of rotatable bonds is 6. The molecule has 2 aliphatic heterocycles. The first kappa shape index (κ1) is 18.2. The summed E-state index contributed by atoms with van der Waals surface area (Å²) in [7, 11) is 0. The van der Waals surface area contributed by atoms with Crippen molar-refractivity contribution in [3.8, 4) is 5.75 Å². The molecule has 2 saturated heterocycles. The van der Waals surface area contributed by atoms with Crippen molar-refractivity contribution in [1.82, 2.24) is 9.80 Å². The van der Waals surface area contributed by atoms with Gasteiger partial charge in [0.15, 0.2) is 6.61 Å². The lowest BCUT2D eigenvalue weighted by Crippen LogP contribution is -2.48. The second-order valence-electron chi connectivity index (χ2n) is 6.57. The van der Waals surface area contributed by atoms with Crippen LogP contribution in [0.5, 0.6) is 5.75 Å². The van der Waals surface area contributed by atoms with Gasteiger partial charge in [-0.1, -0.05) is 13.3 Å². The minimum Gasteiger partial charge on any atom is -0.494 e. The standard InChI is InChI=1S/C19H24N2O5/c1-2-3-12-25-16-6-4-14(5-7-16)18(23)20-10-8-15(9-11-20)21-17(22)13-26-19(21)24/h4-7,15H,2-3,8-13H2,1H3. The Morgan fingerprint density at radius 1 is 1.19 bits per heavy atom. The molecular weight excluding hydrogens is 336 g/mol. The van der Waals surface area contributed by atoms with Gasteiger partial charge in [0.25, 0.3) is 11.8 Å². The molecule has 1 aromatic carbocycles. The van der Waals surface area contributed by atoms with Crippen molar-refractivity contribution >= 4 is 17.9 Å². The van der Waals surface area contributed by atoms with E-state index in [9.17, 15) is 14.4 Å². The number of piperidine rings is 1. The monoisotopic (exact) mass is 360 g/mol. The van der Waals surface area contributed by atoms with Crippen LogP contribution in [0.4, 0.5) is 4.79 Å². The van der Waals surface area contributed by atoms with Gasteiger partial charge < -0.3 is 14.4 Å². The highest BCUT2D eigenvalue weighted by Crippen LogP contribution is 2.22. The lowest BCUT2D eigenvalue weighted by Gasteiger charge is -2.34. The number of unbranched alkanes of at least 4 members (excludes halogenated alkanes) is 1. The van der Waals surface area contributed by atoms with Gasteiger partial charge >= 0.3 is 6.09 Å². The molecule has 3 amide bonds. The molecule has 2 fully saturated rings. The first-order valence-electron chi connectivity index (χ1n) is 9.11. The number of benzene rings is 1. The van der Waals surface area contributed by atoms with E-state index < -0.39 is 6.09 Å². The molecular formula is C19H24N2O5. The van der Waals surface area contributed by atoms with Gasteiger partial charge in [-0.2, -0.15) is 0 Å². The average molecular weight is 360 g/mol. The number of carbonyl (C=O) groups excluding carboxylic acids is 3. The van der Waals surface area contributed by atoms with Crippen molar-refractivity contribution in [3.63, 3.8) is 0 Å². The molecule has 0 aliphatic carbocycles. The van der Waals surface area contributed by atoms with E-state index in [4.69, 9.17) is 9.47 Å². The zero-order valence-corrected chi connectivity index (χ0v) is 15.0. The fourth-order valence-corrected chi connectivity index (χ4v) is 3.25. The van der Waals surface area contributed by atoms with Gasteiger partial charge in [0.05, 0.1) is 6.61 Å². The maximum atomic E-state index is 12.6. The smallest absolute Gasteiger partial charge is 0.417 e. The molecule has 2 heterocycles. The summed E-state index contributed by atoms with van der Waals surface area (Å²) in [4.78, 5) is 39.0. The molecule has 0 unspecified atom stereocenters. The first-order chi connectivity index (χ1) is 12.6. The van der Waals surface area contributed by atoms with E-state index >= 15 is 0 Å². The number of hydrogen-bond acceptors (Lipinski definition) is 5. The average Bonchev–Trinajstić information content (AvgIpc) is 3.00. The zero-order chi connectivity index (χ0) is 18.5. The van der Waals surface area contributed by atoms with Crippen LogP contribution in [0.25, 0.3) is 0 Å². The van der Waals surface area contributed by atoms with E-state index in [1.807, 2.05) is 12.1 Å². The predicted molar refractivity (Wildman–Crippen MR) is 94.0 cm³/mol. The highest BCUT2D eigenvalue weighted by molar-refractivity contribution is 5.98. The molecule has 0 N–H and O–H groups in total. The van der Waals surface area contributed by atoms with Gasteiger partial charge in [0.2, 0.25) is 0 Å². The Kier molecular flexibility index (Phi) is 5.75. The highest BCUT2D eigenvalue weighted by atomic mass is 16.6. The molecule has 0 radical (unpaired) electrons. The van der Waals surface area contributed by atoms with Crippen LogP contribution in [0, 0.1) is 0 Å². The third-order valence-electron chi connectivity index (χ3n) is 4.77. The van der Waals surface area contributed by atoms with Gasteiger partial charge in [-0.3, -0.25) is 9.59 Å². The molecule has 0 bridgehead atoms. The lowest BCUT2D eigenvalue weighted by atomic mass is 10.0. The van der Waals surface area contributed by atoms with Crippen molar-refractivity contribution < 1.29 is 23.9 Å². The van der Waals surface area contributed by atoms with Gasteiger partial charge in [0, 0.05) is 24.7 Å². The lowest BCUT2D eigenvalue weighted by molar-refractivity contribution is -0.127. The molecule has 2 aliphatic rings. The topological polar surface area (TPSA) is 76.2 Å². The summed E-state index contributed by atoms with van der Waals surface area (Å²) in [6.45, 7) is 3.63. The number of imide groups is 1. The molecule has 140 valence electrons. The molecule has 1 aromatic rings. The van der Waals surface area contributed by atoms with E-state index in [1.54, 1.807) is 17.0 Å². The maximum Gasteiger partial charge on any atom is 0.417 e. The molecule has 3 rings (SSSR count). The van der Waals surface area contributed by atoms with Crippen molar-refractivity contribution in [2.75, 3.05) is 26.3 Å². The van der Waals surface area contributed by atoms with E-state index in [-0.39, 0.29) is 24.5 Å². The van der Waals surface area contributed by atoms with Crippen molar-refractivity contribution in [1.29, 1.82) is 0 Å². The maximum absolute atomic E-state index is 12.6. The Bertz CT molecular complexity index is 649. The Morgan fingerprint density at radius 2 is 1.88 bits per heavy atom. The molecule has 7 nitrogen and oxygen atoms in total. The second-order valence-corrected chi connectivity index (χ2v) is 6.57. The quantitative estimate of drug-likeness (QED) is 0.729. The summed E-state index contributed by atoms with van der Waals surface area (Å²) in [5.41, 5.74) is 0.614. The Labute approximate surface area is 152 Å². The van der Waals surface area contributed by atoms with Crippen molar-refractivity contribution in [3.05, 3.63) is 29.8 Å². The molecule has 0 atom stereocenters. The number of amides is 3. The molecule has 7 heteroatoms. The SMILES string of the molecule is CCCCOc1ccc(C(=O)N2CCC(N3C(=O)COC3=O)CC2)cc1. The van der Waals surface area contributed by atoms with Crippen LogP contribution in [0.1, 0.15) is 43.0 Å². The number of likely N-dealkylation sites (tertiary alicyclic amines) is 1. The number of ether oxygens (including phenoxy) is 2. The number of cyclic esters (lactones) is 1. The minimum atomic E-state index is -0.571. The van der Waals surface area contributed by atoms with Crippen LogP contribution in [0.15, 0.2) is 24.3 Å². The van der Waals surface area contributed by atoms with Gasteiger partial charge in [-0.15, -0.1) is 0 Å². The summed E-state index contributed by atoms with van der Waals surface area (Å²) >= 11 is 0. The zero-order valence-electron chi connectivity index (χ0n) is 15.0. The van der Waals surface area contributed by atoms with Crippen LogP contribution < -0.4 is 4.74 Å². The molecule has 0 aromatic heterocycles. The predicted octanol–water partition coefficient (Wildman–Crippen LogP) is 2.45. The molecule has 0 saturated carbocycles. The van der Waals surface area contributed by atoms with E-state index in [1.165, 1.54) is 4.90 Å². The summed E-state index contributed by atoms with van der Waals surface area (Å²) < 4.78 is 10.4. The van der Waals surface area contributed by atoms with E-state index in [2.05, 4.69) is 6.92 Å². The van der Waals surface area contributed by atoms with E-state index in [0.29, 0.717) is 38.1 Å². The Morgan fingerprint density at radius 3 is 2.46 bits per heavy atom. The fraction of sp³-hybridized carbons (Fsp3) is 0.526. The largest absolute Gasteiger partial charge is 0.494 e. The third kappa shape index (κ3) is 3.98. The summed E-state index contributed by atoms with van der Waals surface area (Å²) in [5.74, 6) is 0.428. The Balaban J connectivity index is 1.53. The van der Waals surface area contributed by atoms with Gasteiger partial charge in [-0.25, -0.2) is 9.69 Å². The first-order valence-corrected chi connectivity index (χ1v) is 9.11. The highest BCUT2D eigenvalue weighted by Gasteiger charge is 2.39. The van der Waals surface area contributed by atoms with Crippen molar-refractivity contribution in [2.24, 2.45) is 0 Å². The van der Waals surface area contributed by atoms with E-state index in [0.717, 1.165) is 18.6 Å². The summed E-state index contributed by atoms with van der Waals surface area (Å²) in [6.07, 6.45) is 2.66. The minimum absolute atomic E-state index is 0.0427. The van der Waals surface area contributed by atoms with Crippen LogP contribution in [-0.4, -0.2) is 60.1 Å². The van der Waals surface area contributed by atoms with Gasteiger partial charge in [0.1, 0.15) is 5.75 Å². The number of hydrogen-bond donors (Lipinski definition) is 0. The Hall–Kier alpha value is -2.57. The van der Waals surface area contributed by atoms with Crippen LogP contribution in [0.2, 0.25) is 0 Å². The number of nitrogens with zero attached hydrogens (tertiary/aromatic N) is 2. The molecule has 0 spiro atoms. The third-order valence-corrected chi connectivity index (χ3v) is 4.77. The van der Waals surface area contributed by atoms with Crippen LogP contribution in [-0.2, 0) is 9.53 Å². The van der Waals surface area contributed by atoms with Gasteiger partial charge in [-0.05, 0) is 43.5 Å². The summed E-state index contributed by atoms with van der Waals surface area (Å²) in [5, 5.41) is 0. The normalized spacial score (nSPS) is 18.2.